The number of carbonyl (C=O) groups is 2. The van der Waals surface area contributed by atoms with Crippen LogP contribution in [-0.4, -0.2) is 57.9 Å². The third kappa shape index (κ3) is 3.90. The van der Waals surface area contributed by atoms with E-state index < -0.39 is 5.60 Å². The fourth-order valence-electron chi connectivity index (χ4n) is 3.91. The molecule has 0 radical (unpaired) electrons. The zero-order valence-electron chi connectivity index (χ0n) is 15.9. The molecule has 1 atom stereocenters. The van der Waals surface area contributed by atoms with Crippen LogP contribution < -0.4 is 0 Å². The Morgan fingerprint density at radius 1 is 1.35 bits per heavy atom. The molecule has 0 aromatic carbocycles. The zero-order chi connectivity index (χ0) is 18.9. The molecule has 1 N–H and O–H groups in total. The molecule has 1 aromatic heterocycles. The van der Waals surface area contributed by atoms with Crippen molar-refractivity contribution >= 4 is 11.8 Å². The SMILES string of the molecule is Cc1ccc(C2(O)CCN(C(=O)[C@H]3CC(=O)N(CC(C)C)C3)CC2)nc1. The van der Waals surface area contributed by atoms with Crippen LogP contribution >= 0.6 is 0 Å². The molecule has 0 unspecified atom stereocenters. The Morgan fingerprint density at radius 2 is 2.04 bits per heavy atom. The van der Waals surface area contributed by atoms with Gasteiger partial charge in [-0.05, 0) is 37.3 Å². The van der Waals surface area contributed by atoms with Gasteiger partial charge in [-0.2, -0.15) is 0 Å². The highest BCUT2D eigenvalue weighted by atomic mass is 16.3. The molecule has 0 saturated carbocycles. The largest absolute Gasteiger partial charge is 0.383 e. The molecular formula is C20H29N3O3. The lowest BCUT2D eigenvalue weighted by Gasteiger charge is -2.38. The van der Waals surface area contributed by atoms with Gasteiger partial charge in [-0.3, -0.25) is 14.6 Å². The maximum atomic E-state index is 12.8. The normalized spacial score (nSPS) is 23.0. The molecule has 0 spiro atoms. The molecule has 2 saturated heterocycles. The maximum Gasteiger partial charge on any atom is 0.227 e. The number of aliphatic hydroxyl groups is 1. The Morgan fingerprint density at radius 3 is 2.62 bits per heavy atom. The van der Waals surface area contributed by atoms with E-state index in [2.05, 4.69) is 18.8 Å². The fraction of sp³-hybridized carbons (Fsp3) is 0.650. The molecule has 6 nitrogen and oxygen atoms in total. The molecule has 1 aromatic rings. The van der Waals surface area contributed by atoms with Gasteiger partial charge in [-0.25, -0.2) is 0 Å². The summed E-state index contributed by atoms with van der Waals surface area (Å²) in [6.07, 6.45) is 3.03. The van der Waals surface area contributed by atoms with Crippen molar-refractivity contribution in [2.24, 2.45) is 11.8 Å². The van der Waals surface area contributed by atoms with Crippen molar-refractivity contribution in [1.29, 1.82) is 0 Å². The van der Waals surface area contributed by atoms with Crippen LogP contribution in [0.1, 0.15) is 44.4 Å². The van der Waals surface area contributed by atoms with E-state index in [0.717, 1.165) is 5.56 Å². The maximum absolute atomic E-state index is 12.8. The number of carbonyl (C=O) groups excluding carboxylic acids is 2. The zero-order valence-corrected chi connectivity index (χ0v) is 15.9. The minimum absolute atomic E-state index is 0.0449. The molecule has 2 aliphatic heterocycles. The highest BCUT2D eigenvalue weighted by Gasteiger charge is 2.41. The highest BCUT2D eigenvalue weighted by Crippen LogP contribution is 2.33. The van der Waals surface area contributed by atoms with Crippen LogP contribution in [0.25, 0.3) is 0 Å². The van der Waals surface area contributed by atoms with Crippen LogP contribution in [-0.2, 0) is 15.2 Å². The van der Waals surface area contributed by atoms with Gasteiger partial charge in [-0.15, -0.1) is 0 Å². The van der Waals surface area contributed by atoms with Crippen molar-refractivity contribution in [2.75, 3.05) is 26.2 Å². The number of aromatic nitrogens is 1. The average molecular weight is 359 g/mol. The Labute approximate surface area is 155 Å². The molecule has 0 aliphatic carbocycles. The Balaban J connectivity index is 1.59. The first kappa shape index (κ1) is 18.8. The van der Waals surface area contributed by atoms with E-state index in [4.69, 9.17) is 0 Å². The molecule has 0 bridgehead atoms. The van der Waals surface area contributed by atoms with E-state index in [-0.39, 0.29) is 17.7 Å². The molecule has 3 rings (SSSR count). The predicted molar refractivity (Wildman–Crippen MR) is 98.2 cm³/mol. The molecule has 2 fully saturated rings. The highest BCUT2D eigenvalue weighted by molar-refractivity contribution is 5.89. The van der Waals surface area contributed by atoms with Gasteiger partial charge < -0.3 is 14.9 Å². The van der Waals surface area contributed by atoms with Gasteiger partial charge in [0.05, 0.1) is 11.6 Å². The second-order valence-corrected chi connectivity index (χ2v) is 8.17. The number of pyridine rings is 1. The van der Waals surface area contributed by atoms with Gasteiger partial charge >= 0.3 is 0 Å². The molecule has 3 heterocycles. The first-order chi connectivity index (χ1) is 12.3. The number of piperidine rings is 1. The molecule has 26 heavy (non-hydrogen) atoms. The van der Waals surface area contributed by atoms with E-state index in [0.29, 0.717) is 57.1 Å². The van der Waals surface area contributed by atoms with Crippen LogP contribution in [0.5, 0.6) is 0 Å². The van der Waals surface area contributed by atoms with Crippen molar-refractivity contribution in [3.63, 3.8) is 0 Å². The van der Waals surface area contributed by atoms with Crippen molar-refractivity contribution < 1.29 is 14.7 Å². The summed E-state index contributed by atoms with van der Waals surface area (Å²) in [5.41, 5.74) is 0.760. The molecule has 2 aliphatic rings. The van der Waals surface area contributed by atoms with Gasteiger partial charge in [-0.1, -0.05) is 19.9 Å². The molecule has 142 valence electrons. The van der Waals surface area contributed by atoms with Crippen LogP contribution in [0.4, 0.5) is 0 Å². The molecule has 2 amide bonds. The van der Waals surface area contributed by atoms with E-state index in [1.807, 2.05) is 24.0 Å². The third-order valence-electron chi connectivity index (χ3n) is 5.44. The minimum Gasteiger partial charge on any atom is -0.383 e. The van der Waals surface area contributed by atoms with Crippen molar-refractivity contribution in [3.8, 4) is 0 Å². The Bertz CT molecular complexity index is 663. The lowest BCUT2D eigenvalue weighted by molar-refractivity contribution is -0.140. The first-order valence-corrected chi connectivity index (χ1v) is 9.50. The monoisotopic (exact) mass is 359 g/mol. The summed E-state index contributed by atoms with van der Waals surface area (Å²) < 4.78 is 0. The van der Waals surface area contributed by atoms with E-state index in [9.17, 15) is 14.7 Å². The summed E-state index contributed by atoms with van der Waals surface area (Å²) >= 11 is 0. The topological polar surface area (TPSA) is 73.7 Å². The smallest absolute Gasteiger partial charge is 0.227 e. The summed E-state index contributed by atoms with van der Waals surface area (Å²) in [6.45, 7) is 8.35. The van der Waals surface area contributed by atoms with Gasteiger partial charge in [0.25, 0.3) is 0 Å². The lowest BCUT2D eigenvalue weighted by Crippen LogP contribution is -2.47. The van der Waals surface area contributed by atoms with Crippen LogP contribution in [0, 0.1) is 18.8 Å². The molecular weight excluding hydrogens is 330 g/mol. The van der Waals surface area contributed by atoms with Crippen LogP contribution in [0.3, 0.4) is 0 Å². The number of hydrogen-bond donors (Lipinski definition) is 1. The van der Waals surface area contributed by atoms with Crippen molar-refractivity contribution in [3.05, 3.63) is 29.6 Å². The van der Waals surface area contributed by atoms with Gasteiger partial charge in [0, 0.05) is 38.8 Å². The second kappa shape index (κ2) is 7.35. The summed E-state index contributed by atoms with van der Waals surface area (Å²) in [5.74, 6) is 0.280. The number of rotatable bonds is 4. The summed E-state index contributed by atoms with van der Waals surface area (Å²) in [5, 5.41) is 10.9. The van der Waals surface area contributed by atoms with E-state index in [1.54, 1.807) is 11.1 Å². The number of amides is 2. The number of nitrogens with zero attached hydrogens (tertiary/aromatic N) is 3. The fourth-order valence-corrected chi connectivity index (χ4v) is 3.91. The van der Waals surface area contributed by atoms with Crippen LogP contribution in [0.2, 0.25) is 0 Å². The van der Waals surface area contributed by atoms with Gasteiger partial charge in [0.1, 0.15) is 5.60 Å². The van der Waals surface area contributed by atoms with Crippen LogP contribution in [0.15, 0.2) is 18.3 Å². The number of likely N-dealkylation sites (tertiary alicyclic amines) is 2. The standard InChI is InChI=1S/C20H29N3O3/c1-14(2)12-23-13-16(10-18(23)24)19(25)22-8-6-20(26,7-9-22)17-5-4-15(3)11-21-17/h4-5,11,14,16,26H,6-10,12-13H2,1-3H3/t16-/m0/s1. The van der Waals surface area contributed by atoms with Crippen molar-refractivity contribution in [2.45, 2.75) is 45.6 Å². The number of hydrogen-bond acceptors (Lipinski definition) is 4. The van der Waals surface area contributed by atoms with E-state index in [1.165, 1.54) is 0 Å². The van der Waals surface area contributed by atoms with E-state index >= 15 is 0 Å². The third-order valence-corrected chi connectivity index (χ3v) is 5.44. The summed E-state index contributed by atoms with van der Waals surface area (Å²) in [7, 11) is 0. The first-order valence-electron chi connectivity index (χ1n) is 9.50. The second-order valence-electron chi connectivity index (χ2n) is 8.17. The summed E-state index contributed by atoms with van der Waals surface area (Å²) in [4.78, 5) is 32.9. The summed E-state index contributed by atoms with van der Waals surface area (Å²) in [6, 6.07) is 3.82. The Hall–Kier alpha value is -1.95. The molecule has 6 heteroatoms. The van der Waals surface area contributed by atoms with Crippen molar-refractivity contribution in [1.82, 2.24) is 14.8 Å². The minimum atomic E-state index is -0.973. The number of aryl methyl sites for hydroxylation is 1. The van der Waals surface area contributed by atoms with Gasteiger partial charge in [0.2, 0.25) is 11.8 Å². The predicted octanol–water partition coefficient (Wildman–Crippen LogP) is 1.70. The quantitative estimate of drug-likeness (QED) is 0.888. The lowest BCUT2D eigenvalue weighted by atomic mass is 9.87. The average Bonchev–Trinajstić information content (AvgIpc) is 2.95. The Kier molecular flexibility index (Phi) is 5.32. The van der Waals surface area contributed by atoms with Gasteiger partial charge in [0.15, 0.2) is 0 Å².